The maximum absolute atomic E-state index is 12.1. The van der Waals surface area contributed by atoms with Gasteiger partial charge in [-0.2, -0.15) is 0 Å². The van der Waals surface area contributed by atoms with E-state index in [9.17, 15) is 4.79 Å². The average molecular weight is 407 g/mol. The number of methoxy groups -OCH3 is 2. The van der Waals surface area contributed by atoms with Crippen molar-refractivity contribution >= 4 is 22.6 Å². The second-order valence-electron chi connectivity index (χ2n) is 7.20. The van der Waals surface area contributed by atoms with Gasteiger partial charge in [0, 0.05) is 42.1 Å². The van der Waals surface area contributed by atoms with Gasteiger partial charge in [-0.15, -0.1) is 0 Å². The molecule has 7 heteroatoms. The van der Waals surface area contributed by atoms with Gasteiger partial charge in [0.05, 0.1) is 25.8 Å². The number of ether oxygens (including phenoxy) is 3. The zero-order valence-corrected chi connectivity index (χ0v) is 17.1. The van der Waals surface area contributed by atoms with Crippen molar-refractivity contribution in [2.75, 3.05) is 32.7 Å². The summed E-state index contributed by atoms with van der Waals surface area (Å²) < 4.78 is 16.2. The molecule has 0 saturated carbocycles. The van der Waals surface area contributed by atoms with Gasteiger partial charge in [0.25, 0.3) is 0 Å². The van der Waals surface area contributed by atoms with Gasteiger partial charge in [0.15, 0.2) is 0 Å². The summed E-state index contributed by atoms with van der Waals surface area (Å²) in [5, 5.41) is 6.68. The number of fused-ring (bicyclic) bond motifs is 1. The van der Waals surface area contributed by atoms with Crippen LogP contribution in [0, 0.1) is 0 Å². The minimum Gasteiger partial charge on any atom is -0.497 e. The summed E-state index contributed by atoms with van der Waals surface area (Å²) in [4.78, 5) is 16.7. The third kappa shape index (κ3) is 4.63. The van der Waals surface area contributed by atoms with E-state index in [2.05, 4.69) is 21.7 Å². The first-order valence-electron chi connectivity index (χ1n) is 9.94. The van der Waals surface area contributed by atoms with Gasteiger partial charge in [-0.05, 0) is 48.7 Å². The number of benzene rings is 2. The maximum Gasteiger partial charge on any atom is 0.319 e. The van der Waals surface area contributed by atoms with Gasteiger partial charge in [-0.3, -0.25) is 4.98 Å². The Labute approximate surface area is 175 Å². The maximum atomic E-state index is 12.1. The smallest absolute Gasteiger partial charge is 0.319 e. The molecule has 1 aromatic heterocycles. The molecule has 2 N–H and O–H groups in total. The normalized spacial score (nSPS) is 15.7. The van der Waals surface area contributed by atoms with Crippen molar-refractivity contribution < 1.29 is 19.0 Å². The van der Waals surface area contributed by atoms with Crippen LogP contribution in [0.2, 0.25) is 0 Å². The second kappa shape index (κ2) is 9.00. The van der Waals surface area contributed by atoms with E-state index in [0.717, 1.165) is 53.0 Å². The van der Waals surface area contributed by atoms with E-state index in [1.54, 1.807) is 20.4 Å². The number of amides is 2. The molecule has 1 saturated heterocycles. The first-order valence-corrected chi connectivity index (χ1v) is 9.94. The Kier molecular flexibility index (Phi) is 5.99. The van der Waals surface area contributed by atoms with Crippen molar-refractivity contribution in [3.8, 4) is 22.6 Å². The fourth-order valence-electron chi connectivity index (χ4n) is 3.52. The molecule has 4 rings (SSSR count). The molecule has 0 aliphatic carbocycles. The lowest BCUT2D eigenvalue weighted by atomic mass is 10.0. The van der Waals surface area contributed by atoms with Crippen molar-refractivity contribution in [3.05, 3.63) is 48.7 Å². The molecule has 2 aromatic carbocycles. The Morgan fingerprint density at radius 3 is 2.60 bits per heavy atom. The second-order valence-corrected chi connectivity index (χ2v) is 7.20. The molecule has 2 amide bonds. The molecule has 0 radical (unpaired) electrons. The quantitative estimate of drug-likeness (QED) is 0.639. The number of aromatic nitrogens is 1. The standard InChI is InChI=1S/C23H25N3O4/c1-28-20-9-16(10-21(12-20)29-2)17-8-15-5-6-18(11-22(15)24-13-17)26-23(27)25-14-19-4-3-7-30-19/h5-6,8-13,19H,3-4,7,14H2,1-2H3,(H2,25,26,27)/t19-/m0/s1. The lowest BCUT2D eigenvalue weighted by Gasteiger charge is -2.12. The molecule has 1 atom stereocenters. The van der Waals surface area contributed by atoms with E-state index >= 15 is 0 Å². The molecular weight excluding hydrogens is 382 g/mol. The topological polar surface area (TPSA) is 81.7 Å². The van der Waals surface area contributed by atoms with Gasteiger partial charge < -0.3 is 24.8 Å². The zero-order valence-electron chi connectivity index (χ0n) is 17.1. The van der Waals surface area contributed by atoms with Crippen molar-refractivity contribution in [1.82, 2.24) is 10.3 Å². The van der Waals surface area contributed by atoms with Gasteiger partial charge in [-0.25, -0.2) is 4.79 Å². The van der Waals surface area contributed by atoms with Gasteiger partial charge in [-0.1, -0.05) is 6.07 Å². The van der Waals surface area contributed by atoms with Gasteiger partial charge in [0.1, 0.15) is 11.5 Å². The Bertz CT molecular complexity index is 1030. The molecule has 1 fully saturated rings. The van der Waals surface area contributed by atoms with Crippen LogP contribution < -0.4 is 20.1 Å². The fraction of sp³-hybridized carbons (Fsp3) is 0.304. The minimum absolute atomic E-state index is 0.114. The van der Waals surface area contributed by atoms with E-state index in [-0.39, 0.29) is 12.1 Å². The van der Waals surface area contributed by atoms with Crippen LogP contribution in [-0.4, -0.2) is 44.5 Å². The Morgan fingerprint density at radius 2 is 1.90 bits per heavy atom. The van der Waals surface area contributed by atoms with Crippen molar-refractivity contribution in [3.63, 3.8) is 0 Å². The van der Waals surface area contributed by atoms with Gasteiger partial charge in [0.2, 0.25) is 0 Å². The summed E-state index contributed by atoms with van der Waals surface area (Å²) in [6.07, 6.45) is 3.96. The lowest BCUT2D eigenvalue weighted by Crippen LogP contribution is -2.35. The molecule has 2 heterocycles. The first-order chi connectivity index (χ1) is 14.6. The average Bonchev–Trinajstić information content (AvgIpc) is 3.30. The third-order valence-electron chi connectivity index (χ3n) is 5.14. The number of hydrogen-bond donors (Lipinski definition) is 2. The largest absolute Gasteiger partial charge is 0.497 e. The van der Waals surface area contributed by atoms with Crippen molar-refractivity contribution in [2.45, 2.75) is 18.9 Å². The van der Waals surface area contributed by atoms with Crippen LogP contribution in [0.15, 0.2) is 48.7 Å². The van der Waals surface area contributed by atoms with E-state index in [1.807, 2.05) is 36.4 Å². The molecule has 1 aliphatic heterocycles. The van der Waals surface area contributed by atoms with Gasteiger partial charge >= 0.3 is 6.03 Å². The molecule has 0 unspecified atom stereocenters. The Balaban J connectivity index is 1.49. The summed E-state index contributed by atoms with van der Waals surface area (Å²) >= 11 is 0. The number of anilines is 1. The predicted octanol–water partition coefficient (Wildman–Crippen LogP) is 4.22. The number of carbonyl (C=O) groups is 1. The van der Waals surface area contributed by atoms with Crippen molar-refractivity contribution in [2.24, 2.45) is 0 Å². The molecule has 3 aromatic rings. The van der Waals surface area contributed by atoms with Crippen LogP contribution in [0.4, 0.5) is 10.5 Å². The lowest BCUT2D eigenvalue weighted by molar-refractivity contribution is 0.112. The molecule has 156 valence electrons. The molecule has 30 heavy (non-hydrogen) atoms. The van der Waals surface area contributed by atoms with Crippen LogP contribution in [0.5, 0.6) is 11.5 Å². The van der Waals surface area contributed by atoms with E-state index < -0.39 is 0 Å². The molecule has 0 spiro atoms. The molecular formula is C23H25N3O4. The van der Waals surface area contributed by atoms with Crippen LogP contribution >= 0.6 is 0 Å². The highest BCUT2D eigenvalue weighted by Gasteiger charge is 2.16. The highest BCUT2D eigenvalue weighted by atomic mass is 16.5. The number of nitrogens with one attached hydrogen (secondary N) is 2. The van der Waals surface area contributed by atoms with Crippen LogP contribution in [0.3, 0.4) is 0 Å². The van der Waals surface area contributed by atoms with Crippen LogP contribution in [-0.2, 0) is 4.74 Å². The molecule has 1 aliphatic rings. The SMILES string of the molecule is COc1cc(OC)cc(-c2cnc3cc(NC(=O)NC[C@@H]4CCCO4)ccc3c2)c1. The Morgan fingerprint density at radius 1 is 1.10 bits per heavy atom. The highest BCUT2D eigenvalue weighted by molar-refractivity contribution is 5.93. The number of pyridine rings is 1. The number of nitrogens with zero attached hydrogens (tertiary/aromatic N) is 1. The predicted molar refractivity (Wildman–Crippen MR) is 116 cm³/mol. The van der Waals surface area contributed by atoms with Crippen molar-refractivity contribution in [1.29, 1.82) is 0 Å². The van der Waals surface area contributed by atoms with E-state index in [4.69, 9.17) is 14.2 Å². The van der Waals surface area contributed by atoms with E-state index in [1.165, 1.54) is 0 Å². The number of carbonyl (C=O) groups excluding carboxylic acids is 1. The summed E-state index contributed by atoms with van der Waals surface area (Å²) in [6.45, 7) is 1.29. The number of rotatable bonds is 6. The minimum atomic E-state index is -0.245. The van der Waals surface area contributed by atoms with Crippen LogP contribution in [0.25, 0.3) is 22.0 Å². The first kappa shape index (κ1) is 20.0. The number of hydrogen-bond acceptors (Lipinski definition) is 5. The Hall–Kier alpha value is -3.32. The summed E-state index contributed by atoms with van der Waals surface area (Å²) in [7, 11) is 3.26. The fourth-order valence-corrected chi connectivity index (χ4v) is 3.52. The highest BCUT2D eigenvalue weighted by Crippen LogP contribution is 2.31. The third-order valence-corrected chi connectivity index (χ3v) is 5.14. The van der Waals surface area contributed by atoms with E-state index in [0.29, 0.717) is 12.2 Å². The monoisotopic (exact) mass is 407 g/mol. The molecule has 7 nitrogen and oxygen atoms in total. The summed E-state index contributed by atoms with van der Waals surface area (Å²) in [5.41, 5.74) is 3.40. The summed E-state index contributed by atoms with van der Waals surface area (Å²) in [5.74, 6) is 1.44. The molecule has 0 bridgehead atoms. The number of urea groups is 1. The van der Waals surface area contributed by atoms with Crippen LogP contribution in [0.1, 0.15) is 12.8 Å². The summed E-state index contributed by atoms with van der Waals surface area (Å²) in [6, 6.07) is 13.2. The zero-order chi connectivity index (χ0) is 20.9.